The van der Waals surface area contributed by atoms with Gasteiger partial charge in [-0.05, 0) is 12.1 Å². The molecule has 0 bridgehead atoms. The number of ether oxygens (including phenoxy) is 1. The van der Waals surface area contributed by atoms with Gasteiger partial charge in [0.05, 0.1) is 31.8 Å². The van der Waals surface area contributed by atoms with Gasteiger partial charge in [0.2, 0.25) is 11.9 Å². The summed E-state index contributed by atoms with van der Waals surface area (Å²) in [6.07, 6.45) is 1.61. The molecule has 3 heterocycles. The summed E-state index contributed by atoms with van der Waals surface area (Å²) in [6, 6.07) is 3.15. The number of morpholine rings is 1. The molecule has 1 aliphatic heterocycles. The molecule has 1 fully saturated rings. The first kappa shape index (κ1) is 18.3. The van der Waals surface area contributed by atoms with Crippen molar-refractivity contribution < 1.29 is 18.7 Å². The van der Waals surface area contributed by atoms with Crippen molar-refractivity contribution in [2.24, 2.45) is 0 Å². The monoisotopic (exact) mass is 380 g/mol. The standard InChI is InChI=1S/C15H20N6O4S/c1-16-13(23)17-12(22)10-26-15-19-18-14(20-4-7-24-8-5-20)21(15)9-11-3-2-6-25-11/h2-3,6H,4-5,7-10H2,1H3,(H2,16,17,22,23). The molecule has 3 amide bonds. The number of rotatable bonds is 6. The van der Waals surface area contributed by atoms with E-state index in [1.807, 2.05) is 16.7 Å². The Bertz CT molecular complexity index is 741. The van der Waals surface area contributed by atoms with E-state index in [0.717, 1.165) is 18.8 Å². The van der Waals surface area contributed by atoms with E-state index in [2.05, 4.69) is 25.7 Å². The summed E-state index contributed by atoms with van der Waals surface area (Å²) in [5, 5.41) is 13.6. The lowest BCUT2D eigenvalue weighted by Crippen LogP contribution is -2.38. The van der Waals surface area contributed by atoms with E-state index in [1.165, 1.54) is 18.8 Å². The van der Waals surface area contributed by atoms with Gasteiger partial charge in [0, 0.05) is 20.1 Å². The van der Waals surface area contributed by atoms with Gasteiger partial charge in [-0.15, -0.1) is 10.2 Å². The predicted octanol–water partition coefficient (Wildman–Crippen LogP) is 0.304. The highest BCUT2D eigenvalue weighted by molar-refractivity contribution is 7.99. The molecule has 2 aromatic heterocycles. The molecule has 26 heavy (non-hydrogen) atoms. The van der Waals surface area contributed by atoms with Gasteiger partial charge in [-0.1, -0.05) is 11.8 Å². The zero-order valence-electron chi connectivity index (χ0n) is 14.3. The Kier molecular flexibility index (Phi) is 6.12. The van der Waals surface area contributed by atoms with Gasteiger partial charge in [-0.2, -0.15) is 0 Å². The van der Waals surface area contributed by atoms with Crippen LogP contribution >= 0.6 is 11.8 Å². The summed E-state index contributed by atoms with van der Waals surface area (Å²) >= 11 is 1.21. The van der Waals surface area contributed by atoms with Crippen molar-refractivity contribution in [3.05, 3.63) is 24.2 Å². The maximum Gasteiger partial charge on any atom is 0.321 e. The molecule has 0 atom stereocenters. The third kappa shape index (κ3) is 4.55. The minimum Gasteiger partial charge on any atom is -0.467 e. The summed E-state index contributed by atoms with van der Waals surface area (Å²) in [5.41, 5.74) is 0. The number of thioether (sulfide) groups is 1. The van der Waals surface area contributed by atoms with Crippen LogP contribution in [-0.2, 0) is 16.1 Å². The molecule has 3 rings (SSSR count). The number of carbonyl (C=O) groups excluding carboxylic acids is 2. The molecule has 1 saturated heterocycles. The van der Waals surface area contributed by atoms with Gasteiger partial charge < -0.3 is 19.4 Å². The van der Waals surface area contributed by atoms with Gasteiger partial charge in [0.15, 0.2) is 5.16 Å². The Hall–Kier alpha value is -2.53. The van der Waals surface area contributed by atoms with E-state index in [1.54, 1.807) is 6.26 Å². The summed E-state index contributed by atoms with van der Waals surface area (Å²) in [5.74, 6) is 1.11. The van der Waals surface area contributed by atoms with E-state index in [4.69, 9.17) is 9.15 Å². The van der Waals surface area contributed by atoms with Gasteiger partial charge in [-0.3, -0.25) is 14.7 Å². The third-order valence-corrected chi connectivity index (χ3v) is 4.66. The van der Waals surface area contributed by atoms with Crippen LogP contribution in [0.3, 0.4) is 0 Å². The molecule has 11 heteroatoms. The van der Waals surface area contributed by atoms with E-state index in [-0.39, 0.29) is 5.75 Å². The smallest absolute Gasteiger partial charge is 0.321 e. The second kappa shape index (κ2) is 8.72. The Balaban J connectivity index is 1.74. The first-order valence-corrected chi connectivity index (χ1v) is 9.08. The van der Waals surface area contributed by atoms with Gasteiger partial charge in [0.25, 0.3) is 0 Å². The Labute approximate surface area is 154 Å². The third-order valence-electron chi connectivity index (χ3n) is 3.70. The maximum atomic E-state index is 11.8. The molecular formula is C15H20N6O4S. The largest absolute Gasteiger partial charge is 0.467 e. The highest BCUT2D eigenvalue weighted by Crippen LogP contribution is 2.24. The molecule has 0 spiro atoms. The van der Waals surface area contributed by atoms with Crippen molar-refractivity contribution >= 4 is 29.6 Å². The molecule has 1 aliphatic rings. The van der Waals surface area contributed by atoms with Gasteiger partial charge >= 0.3 is 6.03 Å². The number of anilines is 1. The zero-order chi connectivity index (χ0) is 18.4. The van der Waals surface area contributed by atoms with Crippen LogP contribution in [0.1, 0.15) is 5.76 Å². The average Bonchev–Trinajstić information content (AvgIpc) is 3.31. The number of amides is 3. The minimum absolute atomic E-state index is 0.0484. The average molecular weight is 380 g/mol. The molecule has 2 aromatic rings. The minimum atomic E-state index is -0.540. The summed E-state index contributed by atoms with van der Waals surface area (Å²) in [4.78, 5) is 25.1. The Morgan fingerprint density at radius 1 is 1.31 bits per heavy atom. The van der Waals surface area contributed by atoms with Gasteiger partial charge in [0.1, 0.15) is 5.76 Å². The molecule has 0 radical (unpaired) electrons. The van der Waals surface area contributed by atoms with Crippen LogP contribution in [0.15, 0.2) is 28.0 Å². The van der Waals surface area contributed by atoms with E-state index < -0.39 is 11.9 Å². The van der Waals surface area contributed by atoms with Crippen LogP contribution in [0, 0.1) is 0 Å². The lowest BCUT2D eigenvalue weighted by Gasteiger charge is -2.27. The van der Waals surface area contributed by atoms with Crippen LogP contribution in [-0.4, -0.2) is 65.8 Å². The predicted molar refractivity (Wildman–Crippen MR) is 94.2 cm³/mol. The Morgan fingerprint density at radius 2 is 2.12 bits per heavy atom. The maximum absolute atomic E-state index is 11.8. The van der Waals surface area contributed by atoms with Crippen molar-refractivity contribution in [2.45, 2.75) is 11.7 Å². The normalized spacial score (nSPS) is 14.3. The van der Waals surface area contributed by atoms with E-state index >= 15 is 0 Å². The second-order valence-electron chi connectivity index (χ2n) is 5.46. The van der Waals surface area contributed by atoms with Crippen LogP contribution in [0.2, 0.25) is 0 Å². The quantitative estimate of drug-likeness (QED) is 0.688. The first-order chi connectivity index (χ1) is 12.7. The van der Waals surface area contributed by atoms with Crippen molar-refractivity contribution in [2.75, 3.05) is 44.0 Å². The molecule has 2 N–H and O–H groups in total. The number of carbonyl (C=O) groups is 2. The Morgan fingerprint density at radius 3 is 2.81 bits per heavy atom. The molecule has 0 aromatic carbocycles. The topological polar surface area (TPSA) is 115 Å². The molecule has 0 saturated carbocycles. The number of hydrogen-bond acceptors (Lipinski definition) is 8. The summed E-state index contributed by atoms with van der Waals surface area (Å²) < 4.78 is 12.7. The molecular weight excluding hydrogens is 360 g/mol. The number of nitrogens with zero attached hydrogens (tertiary/aromatic N) is 4. The molecule has 10 nitrogen and oxygen atoms in total. The molecule has 0 aliphatic carbocycles. The van der Waals surface area contributed by atoms with Crippen molar-refractivity contribution in [3.63, 3.8) is 0 Å². The lowest BCUT2D eigenvalue weighted by molar-refractivity contribution is -0.117. The highest BCUT2D eigenvalue weighted by atomic mass is 32.2. The van der Waals surface area contributed by atoms with Crippen molar-refractivity contribution in [3.8, 4) is 0 Å². The first-order valence-electron chi connectivity index (χ1n) is 8.10. The summed E-state index contributed by atoms with van der Waals surface area (Å²) in [7, 11) is 1.45. The van der Waals surface area contributed by atoms with Crippen LogP contribution in [0.4, 0.5) is 10.7 Å². The number of nitrogens with one attached hydrogen (secondary N) is 2. The van der Waals surface area contributed by atoms with E-state index in [0.29, 0.717) is 30.9 Å². The number of hydrogen-bond donors (Lipinski definition) is 2. The fourth-order valence-electron chi connectivity index (χ4n) is 2.44. The fraction of sp³-hybridized carbons (Fsp3) is 0.467. The van der Waals surface area contributed by atoms with Crippen LogP contribution in [0.25, 0.3) is 0 Å². The zero-order valence-corrected chi connectivity index (χ0v) is 15.1. The number of aromatic nitrogens is 3. The van der Waals surface area contributed by atoms with Gasteiger partial charge in [-0.25, -0.2) is 4.79 Å². The molecule has 140 valence electrons. The number of urea groups is 1. The number of furan rings is 1. The van der Waals surface area contributed by atoms with Crippen LogP contribution in [0.5, 0.6) is 0 Å². The highest BCUT2D eigenvalue weighted by Gasteiger charge is 2.22. The van der Waals surface area contributed by atoms with Crippen molar-refractivity contribution in [1.29, 1.82) is 0 Å². The SMILES string of the molecule is CNC(=O)NC(=O)CSc1nnc(N2CCOCC2)n1Cc1ccco1. The van der Waals surface area contributed by atoms with E-state index in [9.17, 15) is 9.59 Å². The lowest BCUT2D eigenvalue weighted by atomic mass is 10.4. The summed E-state index contributed by atoms with van der Waals surface area (Å²) in [6.45, 7) is 3.15. The van der Waals surface area contributed by atoms with Crippen molar-refractivity contribution in [1.82, 2.24) is 25.4 Å². The number of imide groups is 1. The second-order valence-corrected chi connectivity index (χ2v) is 6.41. The fourth-order valence-corrected chi connectivity index (χ4v) is 3.17. The molecule has 0 unspecified atom stereocenters. The van der Waals surface area contributed by atoms with Crippen LogP contribution < -0.4 is 15.5 Å².